The first-order chi connectivity index (χ1) is 13.6. The molecule has 2 aromatic carbocycles. The van der Waals surface area contributed by atoms with E-state index in [4.69, 9.17) is 0 Å². The molecule has 2 N–H and O–H groups in total. The molecule has 5 rings (SSSR count). The third-order valence-corrected chi connectivity index (χ3v) is 6.10. The number of para-hydroxylation sites is 2. The molecule has 1 spiro atoms. The second-order valence-electron chi connectivity index (χ2n) is 8.00. The number of rotatable bonds is 1. The van der Waals surface area contributed by atoms with Gasteiger partial charge in [0.05, 0.1) is 16.9 Å². The van der Waals surface area contributed by atoms with Crippen molar-refractivity contribution < 1.29 is 4.79 Å². The van der Waals surface area contributed by atoms with Crippen molar-refractivity contribution in [1.82, 2.24) is 4.98 Å². The number of hydrogen-bond donors (Lipinski definition) is 2. The molecule has 0 atom stereocenters. The first-order valence-corrected chi connectivity index (χ1v) is 9.85. The topological polar surface area (TPSA) is 57.3 Å². The van der Waals surface area contributed by atoms with Crippen molar-refractivity contribution in [1.29, 1.82) is 0 Å². The van der Waals surface area contributed by atoms with Crippen molar-refractivity contribution >= 4 is 33.9 Å². The monoisotopic (exact) mass is 372 g/mol. The lowest BCUT2D eigenvalue weighted by Crippen LogP contribution is -2.58. The zero-order valence-corrected chi connectivity index (χ0v) is 16.2. The van der Waals surface area contributed by atoms with E-state index in [-0.39, 0.29) is 5.91 Å². The Morgan fingerprint density at radius 1 is 1.04 bits per heavy atom. The molecule has 28 heavy (non-hydrogen) atoms. The molecule has 0 aliphatic carbocycles. The van der Waals surface area contributed by atoms with Crippen LogP contribution >= 0.6 is 0 Å². The lowest BCUT2D eigenvalue weighted by molar-refractivity contribution is -0.121. The normalized spacial score (nSPS) is 17.9. The Labute approximate surface area is 164 Å². The van der Waals surface area contributed by atoms with Crippen molar-refractivity contribution in [2.24, 2.45) is 0 Å². The minimum absolute atomic E-state index is 0.0807. The zero-order valence-electron chi connectivity index (χ0n) is 16.2. The van der Waals surface area contributed by atoms with Crippen molar-refractivity contribution in [2.75, 3.05) is 28.6 Å². The van der Waals surface area contributed by atoms with Gasteiger partial charge in [-0.15, -0.1) is 0 Å². The molecule has 3 heterocycles. The molecule has 1 fully saturated rings. The van der Waals surface area contributed by atoms with Crippen LogP contribution in [0.1, 0.15) is 24.0 Å². The third-order valence-electron chi connectivity index (χ3n) is 6.10. The largest absolute Gasteiger partial charge is 0.371 e. The number of carbonyl (C=O) groups excluding carboxylic acids is 1. The van der Waals surface area contributed by atoms with E-state index in [1.165, 1.54) is 22.2 Å². The Kier molecular flexibility index (Phi) is 3.79. The third kappa shape index (κ3) is 2.61. The molecule has 5 nitrogen and oxygen atoms in total. The van der Waals surface area contributed by atoms with Gasteiger partial charge in [0.25, 0.3) is 0 Å². The van der Waals surface area contributed by atoms with E-state index in [1.54, 1.807) is 0 Å². The lowest BCUT2D eigenvalue weighted by Gasteiger charge is -2.45. The highest BCUT2D eigenvalue weighted by Crippen LogP contribution is 2.38. The zero-order chi connectivity index (χ0) is 19.3. The molecule has 0 bridgehead atoms. The van der Waals surface area contributed by atoms with E-state index in [9.17, 15) is 4.79 Å². The van der Waals surface area contributed by atoms with Gasteiger partial charge in [-0.3, -0.25) is 9.78 Å². The van der Waals surface area contributed by atoms with Crippen LogP contribution in [0, 0.1) is 13.8 Å². The van der Waals surface area contributed by atoms with Crippen LogP contribution in [0.15, 0.2) is 48.7 Å². The predicted molar refractivity (Wildman–Crippen MR) is 114 cm³/mol. The Morgan fingerprint density at radius 3 is 2.57 bits per heavy atom. The van der Waals surface area contributed by atoms with Crippen LogP contribution in [0.2, 0.25) is 0 Å². The number of aromatic nitrogens is 1. The van der Waals surface area contributed by atoms with Crippen molar-refractivity contribution in [2.45, 2.75) is 32.2 Å². The van der Waals surface area contributed by atoms with Gasteiger partial charge in [0.15, 0.2) is 0 Å². The second kappa shape index (κ2) is 6.23. The maximum absolute atomic E-state index is 12.9. The standard InChI is InChI=1S/C23H24N4O/c1-15-13-16(2)21-17(14-15)20(7-10-24-21)27-11-8-23(9-12-27)22(28)25-18-5-3-4-6-19(18)26-23/h3-7,10,13-14,26H,8-9,11-12H2,1-2H3,(H,25,28). The number of benzene rings is 2. The highest BCUT2D eigenvalue weighted by atomic mass is 16.2. The summed E-state index contributed by atoms with van der Waals surface area (Å²) in [4.78, 5) is 19.9. The van der Waals surface area contributed by atoms with E-state index in [2.05, 4.69) is 52.6 Å². The van der Waals surface area contributed by atoms with Crippen LogP contribution < -0.4 is 15.5 Å². The van der Waals surface area contributed by atoms with Gasteiger partial charge < -0.3 is 15.5 Å². The Bertz CT molecular complexity index is 1080. The number of nitrogens with zero attached hydrogens (tertiary/aromatic N) is 2. The minimum atomic E-state index is -0.528. The fraction of sp³-hybridized carbons (Fsp3) is 0.304. The van der Waals surface area contributed by atoms with Gasteiger partial charge in [-0.05, 0) is 56.5 Å². The summed E-state index contributed by atoms with van der Waals surface area (Å²) in [6, 6.07) is 14.4. The minimum Gasteiger partial charge on any atom is -0.371 e. The maximum atomic E-state index is 12.9. The van der Waals surface area contributed by atoms with Crippen LogP contribution in [0.4, 0.5) is 17.1 Å². The van der Waals surface area contributed by atoms with E-state index >= 15 is 0 Å². The number of anilines is 3. The van der Waals surface area contributed by atoms with Gasteiger partial charge in [0, 0.05) is 30.4 Å². The van der Waals surface area contributed by atoms with Crippen LogP contribution in [-0.2, 0) is 4.79 Å². The summed E-state index contributed by atoms with van der Waals surface area (Å²) in [5.74, 6) is 0.0807. The van der Waals surface area contributed by atoms with E-state index in [1.807, 2.05) is 30.5 Å². The predicted octanol–water partition coefficient (Wildman–Crippen LogP) is 4.25. The molecule has 5 heteroatoms. The van der Waals surface area contributed by atoms with Gasteiger partial charge in [-0.1, -0.05) is 23.8 Å². The van der Waals surface area contributed by atoms with Crippen LogP contribution in [0.3, 0.4) is 0 Å². The lowest BCUT2D eigenvalue weighted by atomic mass is 9.84. The molecule has 1 saturated heterocycles. The van der Waals surface area contributed by atoms with Crippen LogP contribution in [0.5, 0.6) is 0 Å². The summed E-state index contributed by atoms with van der Waals surface area (Å²) in [6.45, 7) is 5.90. The summed E-state index contributed by atoms with van der Waals surface area (Å²) >= 11 is 0. The maximum Gasteiger partial charge on any atom is 0.250 e. The summed E-state index contributed by atoms with van der Waals surface area (Å²) < 4.78 is 0. The molecule has 2 aliphatic heterocycles. The summed E-state index contributed by atoms with van der Waals surface area (Å²) in [5, 5.41) is 7.82. The highest BCUT2D eigenvalue weighted by molar-refractivity contribution is 6.06. The van der Waals surface area contributed by atoms with Crippen molar-refractivity contribution in [3.8, 4) is 0 Å². The quantitative estimate of drug-likeness (QED) is 0.670. The van der Waals surface area contributed by atoms with Gasteiger partial charge in [-0.25, -0.2) is 0 Å². The van der Waals surface area contributed by atoms with Crippen molar-refractivity contribution in [3.05, 3.63) is 59.8 Å². The Hall–Kier alpha value is -3.08. The fourth-order valence-electron chi connectivity index (χ4n) is 4.61. The SMILES string of the molecule is Cc1cc(C)c2nccc(N3CCC4(CC3)Nc3ccccc3NC4=O)c2c1. The highest BCUT2D eigenvalue weighted by Gasteiger charge is 2.44. The Morgan fingerprint density at radius 2 is 1.79 bits per heavy atom. The van der Waals surface area contributed by atoms with Gasteiger partial charge >= 0.3 is 0 Å². The molecule has 0 saturated carbocycles. The summed E-state index contributed by atoms with van der Waals surface area (Å²) in [6.07, 6.45) is 3.43. The van der Waals surface area contributed by atoms with Gasteiger partial charge in [-0.2, -0.15) is 0 Å². The number of nitrogens with one attached hydrogen (secondary N) is 2. The molecule has 0 unspecified atom stereocenters. The van der Waals surface area contributed by atoms with E-state index in [0.717, 1.165) is 42.8 Å². The molecule has 3 aromatic rings. The molecule has 1 amide bonds. The number of aryl methyl sites for hydroxylation is 2. The van der Waals surface area contributed by atoms with Crippen molar-refractivity contribution in [3.63, 3.8) is 0 Å². The average molecular weight is 372 g/mol. The molecule has 1 aromatic heterocycles. The number of amides is 1. The smallest absolute Gasteiger partial charge is 0.250 e. The summed E-state index contributed by atoms with van der Waals surface area (Å²) in [5.41, 5.74) is 6.07. The average Bonchev–Trinajstić information content (AvgIpc) is 2.69. The number of carbonyl (C=O) groups is 1. The number of pyridine rings is 1. The first-order valence-electron chi connectivity index (χ1n) is 9.85. The number of hydrogen-bond acceptors (Lipinski definition) is 4. The van der Waals surface area contributed by atoms with Gasteiger partial charge in [0.1, 0.15) is 5.54 Å². The first kappa shape index (κ1) is 17.0. The van der Waals surface area contributed by atoms with E-state index < -0.39 is 5.54 Å². The molecule has 142 valence electrons. The molecule has 2 aliphatic rings. The molecular weight excluding hydrogens is 348 g/mol. The number of piperidine rings is 1. The van der Waals surface area contributed by atoms with Crippen LogP contribution in [0.25, 0.3) is 10.9 Å². The summed E-state index contributed by atoms with van der Waals surface area (Å²) in [7, 11) is 0. The number of fused-ring (bicyclic) bond motifs is 2. The molecule has 0 radical (unpaired) electrons. The second-order valence-corrected chi connectivity index (χ2v) is 8.00. The Balaban J connectivity index is 1.44. The fourth-order valence-corrected chi connectivity index (χ4v) is 4.61. The van der Waals surface area contributed by atoms with E-state index in [0.29, 0.717) is 0 Å². The van der Waals surface area contributed by atoms with Crippen LogP contribution in [-0.4, -0.2) is 29.5 Å². The van der Waals surface area contributed by atoms with Gasteiger partial charge in [0.2, 0.25) is 5.91 Å². The molecular formula is C23H24N4O.